The highest BCUT2D eigenvalue weighted by Crippen LogP contribution is 2.11. The summed E-state index contributed by atoms with van der Waals surface area (Å²) in [5.41, 5.74) is 6.10. The number of thiocarbonyl (C=S) groups is 1. The number of nitrogens with two attached hydrogens (primary N) is 1. The molecule has 0 aromatic heterocycles. The number of esters is 1. The smallest absolute Gasteiger partial charge is 0.337 e. The SMILES string of the molecule is COC(=O)c1cccc(NC(=O)CC(N)=S)c1. The number of carbonyl (C=O) groups excluding carboxylic acids is 2. The number of rotatable bonds is 4. The van der Waals surface area contributed by atoms with E-state index in [0.29, 0.717) is 11.3 Å². The second-order valence-corrected chi connectivity index (χ2v) is 3.79. The number of benzene rings is 1. The Bertz CT molecular complexity index is 460. The largest absolute Gasteiger partial charge is 0.465 e. The monoisotopic (exact) mass is 252 g/mol. The summed E-state index contributed by atoms with van der Waals surface area (Å²) in [4.78, 5) is 22.7. The van der Waals surface area contributed by atoms with Crippen molar-refractivity contribution in [1.29, 1.82) is 0 Å². The van der Waals surface area contributed by atoms with Gasteiger partial charge < -0.3 is 15.8 Å². The third-order valence-electron chi connectivity index (χ3n) is 1.90. The van der Waals surface area contributed by atoms with Crippen LogP contribution in [0.3, 0.4) is 0 Å². The quantitative estimate of drug-likeness (QED) is 0.619. The van der Waals surface area contributed by atoms with E-state index in [1.54, 1.807) is 18.2 Å². The summed E-state index contributed by atoms with van der Waals surface area (Å²) in [5.74, 6) is -0.782. The van der Waals surface area contributed by atoms with Crippen LogP contribution in [0.4, 0.5) is 5.69 Å². The molecule has 0 atom stereocenters. The highest BCUT2D eigenvalue weighted by molar-refractivity contribution is 7.80. The molecule has 0 heterocycles. The van der Waals surface area contributed by atoms with Crippen LogP contribution in [0.15, 0.2) is 24.3 Å². The Kier molecular flexibility index (Phi) is 4.59. The first-order chi connectivity index (χ1) is 8.02. The maximum absolute atomic E-state index is 11.4. The van der Waals surface area contributed by atoms with Crippen molar-refractivity contribution in [1.82, 2.24) is 0 Å². The Morgan fingerprint density at radius 3 is 2.76 bits per heavy atom. The molecular formula is C11H12N2O3S. The van der Waals surface area contributed by atoms with Crippen LogP contribution in [0.5, 0.6) is 0 Å². The molecule has 0 radical (unpaired) electrons. The van der Waals surface area contributed by atoms with Gasteiger partial charge in [0.25, 0.3) is 0 Å². The minimum atomic E-state index is -0.463. The zero-order chi connectivity index (χ0) is 12.8. The van der Waals surface area contributed by atoms with E-state index in [2.05, 4.69) is 22.3 Å². The number of hydrogen-bond acceptors (Lipinski definition) is 4. The average molecular weight is 252 g/mol. The first kappa shape index (κ1) is 13.1. The molecule has 0 spiro atoms. The van der Waals surface area contributed by atoms with Crippen molar-refractivity contribution in [2.24, 2.45) is 5.73 Å². The number of anilines is 1. The van der Waals surface area contributed by atoms with Gasteiger partial charge in [-0.05, 0) is 18.2 Å². The molecule has 0 unspecified atom stereocenters. The van der Waals surface area contributed by atoms with Crippen LogP contribution in [0.25, 0.3) is 0 Å². The van der Waals surface area contributed by atoms with Crippen molar-refractivity contribution in [3.63, 3.8) is 0 Å². The van der Waals surface area contributed by atoms with Crippen molar-refractivity contribution in [2.45, 2.75) is 6.42 Å². The highest BCUT2D eigenvalue weighted by atomic mass is 32.1. The summed E-state index contributed by atoms with van der Waals surface area (Å²) in [6.07, 6.45) is -0.0300. The predicted molar refractivity (Wildman–Crippen MR) is 67.8 cm³/mol. The molecule has 0 aliphatic heterocycles. The van der Waals surface area contributed by atoms with Gasteiger partial charge in [-0.1, -0.05) is 18.3 Å². The first-order valence-electron chi connectivity index (χ1n) is 4.79. The molecule has 90 valence electrons. The lowest BCUT2D eigenvalue weighted by Gasteiger charge is -2.06. The van der Waals surface area contributed by atoms with Crippen molar-refractivity contribution >= 4 is 34.8 Å². The Morgan fingerprint density at radius 2 is 2.18 bits per heavy atom. The van der Waals surface area contributed by atoms with Gasteiger partial charge in [-0.15, -0.1) is 0 Å². The van der Waals surface area contributed by atoms with E-state index in [0.717, 1.165) is 0 Å². The Hall–Kier alpha value is -1.95. The topological polar surface area (TPSA) is 81.4 Å². The third-order valence-corrected chi connectivity index (χ3v) is 2.05. The Morgan fingerprint density at radius 1 is 1.47 bits per heavy atom. The summed E-state index contributed by atoms with van der Waals surface area (Å²) < 4.78 is 4.57. The summed E-state index contributed by atoms with van der Waals surface area (Å²) >= 11 is 4.62. The fourth-order valence-electron chi connectivity index (χ4n) is 1.21. The standard InChI is InChI=1S/C11H12N2O3S/c1-16-11(15)7-3-2-4-8(5-7)13-10(14)6-9(12)17/h2-5H,6H2,1H3,(H2,12,17)(H,13,14). The van der Waals surface area contributed by atoms with E-state index in [4.69, 9.17) is 5.73 Å². The number of methoxy groups -OCH3 is 1. The van der Waals surface area contributed by atoms with Crippen LogP contribution in [0, 0.1) is 0 Å². The van der Waals surface area contributed by atoms with Crippen LogP contribution in [-0.4, -0.2) is 24.0 Å². The van der Waals surface area contributed by atoms with Gasteiger partial charge in [0.15, 0.2) is 0 Å². The zero-order valence-corrected chi connectivity index (χ0v) is 10.0. The second-order valence-electron chi connectivity index (χ2n) is 3.26. The first-order valence-corrected chi connectivity index (χ1v) is 5.20. The second kappa shape index (κ2) is 5.95. The maximum Gasteiger partial charge on any atom is 0.337 e. The van der Waals surface area contributed by atoms with Crippen LogP contribution in [0.1, 0.15) is 16.8 Å². The molecule has 0 aliphatic rings. The Labute approximate surface area is 104 Å². The Balaban J connectivity index is 2.75. The third kappa shape index (κ3) is 4.20. The van der Waals surface area contributed by atoms with E-state index in [1.165, 1.54) is 13.2 Å². The van der Waals surface area contributed by atoms with E-state index in [9.17, 15) is 9.59 Å². The lowest BCUT2D eigenvalue weighted by molar-refractivity contribution is -0.115. The molecule has 5 nitrogen and oxygen atoms in total. The van der Waals surface area contributed by atoms with Crippen molar-refractivity contribution < 1.29 is 14.3 Å². The molecule has 1 aromatic rings. The van der Waals surface area contributed by atoms with Gasteiger partial charge >= 0.3 is 5.97 Å². The predicted octanol–water partition coefficient (Wildman–Crippen LogP) is 1.09. The van der Waals surface area contributed by atoms with E-state index >= 15 is 0 Å². The minimum absolute atomic E-state index is 0.0300. The van der Waals surface area contributed by atoms with Gasteiger partial charge in [0, 0.05) is 5.69 Å². The summed E-state index contributed by atoms with van der Waals surface area (Å²) in [6.45, 7) is 0. The van der Waals surface area contributed by atoms with Crippen molar-refractivity contribution in [3.8, 4) is 0 Å². The van der Waals surface area contributed by atoms with E-state index in [-0.39, 0.29) is 17.3 Å². The van der Waals surface area contributed by atoms with E-state index in [1.807, 2.05) is 0 Å². The minimum Gasteiger partial charge on any atom is -0.465 e. The molecule has 3 N–H and O–H groups in total. The van der Waals surface area contributed by atoms with Crippen molar-refractivity contribution in [2.75, 3.05) is 12.4 Å². The lowest BCUT2D eigenvalue weighted by atomic mass is 10.2. The van der Waals surface area contributed by atoms with Gasteiger partial charge in [-0.2, -0.15) is 0 Å². The van der Waals surface area contributed by atoms with E-state index < -0.39 is 5.97 Å². The summed E-state index contributed by atoms with van der Waals surface area (Å²) in [6, 6.07) is 6.41. The molecule has 0 fully saturated rings. The number of amides is 1. The summed E-state index contributed by atoms with van der Waals surface area (Å²) in [5, 5.41) is 2.58. The van der Waals surface area contributed by atoms with Crippen LogP contribution >= 0.6 is 12.2 Å². The number of ether oxygens (including phenoxy) is 1. The lowest BCUT2D eigenvalue weighted by Crippen LogP contribution is -2.20. The summed E-state index contributed by atoms with van der Waals surface area (Å²) in [7, 11) is 1.29. The van der Waals surface area contributed by atoms with Crippen LogP contribution < -0.4 is 11.1 Å². The number of carbonyl (C=O) groups is 2. The zero-order valence-electron chi connectivity index (χ0n) is 9.23. The molecule has 1 aromatic carbocycles. The number of nitrogens with one attached hydrogen (secondary N) is 1. The van der Waals surface area contributed by atoms with Gasteiger partial charge in [-0.3, -0.25) is 4.79 Å². The molecule has 0 bridgehead atoms. The van der Waals surface area contributed by atoms with Gasteiger partial charge in [0.2, 0.25) is 5.91 Å². The number of hydrogen-bond donors (Lipinski definition) is 2. The maximum atomic E-state index is 11.4. The molecule has 0 saturated heterocycles. The average Bonchev–Trinajstić information content (AvgIpc) is 2.27. The van der Waals surface area contributed by atoms with Crippen LogP contribution in [0.2, 0.25) is 0 Å². The van der Waals surface area contributed by atoms with Gasteiger partial charge in [-0.25, -0.2) is 4.79 Å². The van der Waals surface area contributed by atoms with Crippen molar-refractivity contribution in [3.05, 3.63) is 29.8 Å². The normalized spacial score (nSPS) is 9.47. The fourth-order valence-corrected chi connectivity index (χ4v) is 1.34. The molecule has 0 saturated carbocycles. The fraction of sp³-hybridized carbons (Fsp3) is 0.182. The molecular weight excluding hydrogens is 240 g/mol. The van der Waals surface area contributed by atoms with Gasteiger partial charge in [0.05, 0.1) is 24.1 Å². The molecule has 17 heavy (non-hydrogen) atoms. The molecule has 6 heteroatoms. The molecule has 0 aliphatic carbocycles. The van der Waals surface area contributed by atoms with Gasteiger partial charge in [0.1, 0.15) is 0 Å². The highest BCUT2D eigenvalue weighted by Gasteiger charge is 2.08. The molecule has 1 rings (SSSR count). The van der Waals surface area contributed by atoms with Crippen LogP contribution in [-0.2, 0) is 9.53 Å². The molecule has 1 amide bonds.